The summed E-state index contributed by atoms with van der Waals surface area (Å²) in [5.41, 5.74) is 4.91. The van der Waals surface area contributed by atoms with E-state index < -0.39 is 12.2 Å². The maximum Gasteiger partial charge on any atom is 0.278 e. The molecule has 12 heteroatoms. The number of piperidine rings is 1. The molecule has 1 aromatic carbocycles. The number of benzene rings is 1. The first-order valence-corrected chi connectivity index (χ1v) is 13.1. The van der Waals surface area contributed by atoms with Crippen LogP contribution >= 0.6 is 0 Å². The molecular formula is C26H33N7O5. The predicted molar refractivity (Wildman–Crippen MR) is 140 cm³/mol. The standard InChI is InChI=1S/C26H33N7O5/c1-31-17-20(22-12-21(33(35)36)5-6-23(22)31)14-27-13-18-7-9-32(10-8-18)26-28-15-19(16-29-26)25(34)30-38-24-4-2-3-11-37-24/h5-6,12,15-18,24,27H,2-4,7-11,13-14H2,1H3,(H,30,34). The van der Waals surface area contributed by atoms with Gasteiger partial charge in [0.2, 0.25) is 5.95 Å². The van der Waals surface area contributed by atoms with Gasteiger partial charge in [0, 0.05) is 81.3 Å². The van der Waals surface area contributed by atoms with E-state index in [0.717, 1.165) is 68.2 Å². The molecule has 0 radical (unpaired) electrons. The van der Waals surface area contributed by atoms with Gasteiger partial charge in [0.25, 0.3) is 11.6 Å². The molecule has 1 unspecified atom stereocenters. The van der Waals surface area contributed by atoms with E-state index in [2.05, 4.69) is 25.7 Å². The molecule has 4 heterocycles. The number of aryl methyl sites for hydroxylation is 1. The third kappa shape index (κ3) is 6.09. The Morgan fingerprint density at radius 3 is 2.71 bits per heavy atom. The number of hydrogen-bond acceptors (Lipinski definition) is 9. The van der Waals surface area contributed by atoms with Crippen LogP contribution in [0, 0.1) is 16.0 Å². The van der Waals surface area contributed by atoms with Crippen LogP contribution in [0.1, 0.15) is 48.0 Å². The molecule has 38 heavy (non-hydrogen) atoms. The molecule has 0 spiro atoms. The molecule has 12 nitrogen and oxygen atoms in total. The van der Waals surface area contributed by atoms with Crippen LogP contribution in [0.15, 0.2) is 36.8 Å². The first kappa shape index (κ1) is 26.0. The molecule has 0 aliphatic carbocycles. The number of nitro benzene ring substituents is 1. The smallest absolute Gasteiger partial charge is 0.278 e. The minimum Gasteiger partial charge on any atom is -0.350 e. The average molecular weight is 524 g/mol. The van der Waals surface area contributed by atoms with E-state index in [-0.39, 0.29) is 10.6 Å². The summed E-state index contributed by atoms with van der Waals surface area (Å²) in [6.07, 6.45) is 9.44. The highest BCUT2D eigenvalue weighted by molar-refractivity contribution is 5.92. The summed E-state index contributed by atoms with van der Waals surface area (Å²) in [5.74, 6) is 0.734. The monoisotopic (exact) mass is 523 g/mol. The van der Waals surface area contributed by atoms with Gasteiger partial charge in [-0.2, -0.15) is 0 Å². The maximum atomic E-state index is 12.3. The van der Waals surface area contributed by atoms with E-state index in [1.165, 1.54) is 12.4 Å². The van der Waals surface area contributed by atoms with Crippen molar-refractivity contribution < 1.29 is 19.3 Å². The lowest BCUT2D eigenvalue weighted by Gasteiger charge is -2.32. The SMILES string of the molecule is Cn1cc(CNCC2CCN(c3ncc(C(=O)NOC4CCCCO4)cn3)CC2)c2cc([N+](=O)[O-])ccc21. The van der Waals surface area contributed by atoms with Crippen molar-refractivity contribution in [1.29, 1.82) is 0 Å². The molecule has 2 aliphatic heterocycles. The minimum atomic E-state index is -0.405. The van der Waals surface area contributed by atoms with Gasteiger partial charge in [0.15, 0.2) is 6.29 Å². The third-order valence-corrected chi connectivity index (χ3v) is 7.23. The van der Waals surface area contributed by atoms with Gasteiger partial charge in [0.1, 0.15) is 0 Å². The number of carbonyl (C=O) groups is 1. The fourth-order valence-corrected chi connectivity index (χ4v) is 5.05. The van der Waals surface area contributed by atoms with Gasteiger partial charge in [-0.05, 0) is 49.8 Å². The van der Waals surface area contributed by atoms with E-state index >= 15 is 0 Å². The van der Waals surface area contributed by atoms with Crippen molar-refractivity contribution in [2.24, 2.45) is 13.0 Å². The molecule has 202 valence electrons. The van der Waals surface area contributed by atoms with Gasteiger partial charge in [0.05, 0.1) is 10.5 Å². The molecule has 2 saturated heterocycles. The van der Waals surface area contributed by atoms with Gasteiger partial charge >= 0.3 is 0 Å². The highest BCUT2D eigenvalue weighted by atomic mass is 16.8. The van der Waals surface area contributed by atoms with Crippen molar-refractivity contribution in [3.05, 3.63) is 58.0 Å². The zero-order valence-corrected chi connectivity index (χ0v) is 21.5. The number of rotatable bonds is 9. The Labute approximate surface area is 220 Å². The number of aromatic nitrogens is 3. The Morgan fingerprint density at radius 1 is 1.21 bits per heavy atom. The fourth-order valence-electron chi connectivity index (χ4n) is 5.05. The Balaban J connectivity index is 1.07. The third-order valence-electron chi connectivity index (χ3n) is 7.23. The molecule has 3 aromatic rings. The summed E-state index contributed by atoms with van der Waals surface area (Å²) in [5, 5.41) is 15.6. The molecule has 0 saturated carbocycles. The molecule has 2 aliphatic rings. The summed E-state index contributed by atoms with van der Waals surface area (Å²) >= 11 is 0. The highest BCUT2D eigenvalue weighted by Gasteiger charge is 2.22. The molecule has 2 fully saturated rings. The van der Waals surface area contributed by atoms with E-state index in [0.29, 0.717) is 30.6 Å². The summed E-state index contributed by atoms with van der Waals surface area (Å²) in [6.45, 7) is 3.83. The molecule has 0 bridgehead atoms. The molecule has 5 rings (SSSR count). The van der Waals surface area contributed by atoms with Crippen molar-refractivity contribution in [3.63, 3.8) is 0 Å². The Morgan fingerprint density at radius 2 is 2.00 bits per heavy atom. The lowest BCUT2D eigenvalue weighted by Crippen LogP contribution is -2.38. The highest BCUT2D eigenvalue weighted by Crippen LogP contribution is 2.26. The number of nitrogens with zero attached hydrogens (tertiary/aromatic N) is 5. The van der Waals surface area contributed by atoms with Crippen molar-refractivity contribution in [3.8, 4) is 0 Å². The topological polar surface area (TPSA) is 137 Å². The predicted octanol–water partition coefficient (Wildman–Crippen LogP) is 3.07. The number of nitro groups is 1. The van der Waals surface area contributed by atoms with Crippen LogP contribution in [0.2, 0.25) is 0 Å². The number of amides is 1. The van der Waals surface area contributed by atoms with Gasteiger partial charge in [-0.1, -0.05) is 0 Å². The van der Waals surface area contributed by atoms with Crippen LogP contribution in [-0.2, 0) is 23.2 Å². The number of ether oxygens (including phenoxy) is 1. The maximum absolute atomic E-state index is 12.3. The van der Waals surface area contributed by atoms with Crippen molar-refractivity contribution in [1.82, 2.24) is 25.3 Å². The van der Waals surface area contributed by atoms with Gasteiger partial charge in [-0.3, -0.25) is 14.9 Å². The zero-order chi connectivity index (χ0) is 26.5. The van der Waals surface area contributed by atoms with Gasteiger partial charge in [-0.25, -0.2) is 20.3 Å². The number of fused-ring (bicyclic) bond motifs is 1. The first-order valence-electron chi connectivity index (χ1n) is 13.1. The van der Waals surface area contributed by atoms with Gasteiger partial charge < -0.3 is 19.5 Å². The second kappa shape index (κ2) is 11.8. The van der Waals surface area contributed by atoms with Crippen molar-refractivity contribution >= 4 is 28.4 Å². The van der Waals surface area contributed by atoms with Crippen molar-refractivity contribution in [2.75, 3.05) is 31.1 Å². The van der Waals surface area contributed by atoms with Crippen LogP contribution in [0.4, 0.5) is 11.6 Å². The fraction of sp³-hybridized carbons (Fsp3) is 0.500. The number of anilines is 1. The lowest BCUT2D eigenvalue weighted by atomic mass is 9.97. The van der Waals surface area contributed by atoms with Crippen LogP contribution in [0.3, 0.4) is 0 Å². The van der Waals surface area contributed by atoms with E-state index in [1.807, 2.05) is 17.8 Å². The first-order chi connectivity index (χ1) is 18.5. The number of carbonyl (C=O) groups excluding carboxylic acids is 1. The van der Waals surface area contributed by atoms with Crippen LogP contribution in [0.25, 0.3) is 10.9 Å². The Kier molecular flexibility index (Phi) is 8.11. The number of hydrogen-bond donors (Lipinski definition) is 2. The van der Waals surface area contributed by atoms with Crippen molar-refractivity contribution in [2.45, 2.75) is 44.9 Å². The van der Waals surface area contributed by atoms with E-state index in [1.54, 1.807) is 18.2 Å². The Bertz CT molecular complexity index is 1260. The molecule has 2 N–H and O–H groups in total. The van der Waals surface area contributed by atoms with E-state index in [4.69, 9.17) is 9.57 Å². The van der Waals surface area contributed by atoms with Gasteiger partial charge in [-0.15, -0.1) is 0 Å². The second-order valence-electron chi connectivity index (χ2n) is 9.90. The summed E-state index contributed by atoms with van der Waals surface area (Å²) < 4.78 is 7.45. The number of non-ortho nitro benzene ring substituents is 1. The minimum absolute atomic E-state index is 0.107. The average Bonchev–Trinajstić information content (AvgIpc) is 3.27. The second-order valence-corrected chi connectivity index (χ2v) is 9.90. The summed E-state index contributed by atoms with van der Waals surface area (Å²) in [6, 6.07) is 4.99. The molecular weight excluding hydrogens is 490 g/mol. The summed E-state index contributed by atoms with van der Waals surface area (Å²) in [7, 11) is 1.95. The zero-order valence-electron chi connectivity index (χ0n) is 21.5. The molecule has 1 atom stereocenters. The Hall–Kier alpha value is -3.61. The van der Waals surface area contributed by atoms with E-state index in [9.17, 15) is 14.9 Å². The molecule has 2 aromatic heterocycles. The quantitative estimate of drug-likeness (QED) is 0.320. The summed E-state index contributed by atoms with van der Waals surface area (Å²) in [4.78, 5) is 39.4. The number of hydroxylamine groups is 1. The number of nitrogens with one attached hydrogen (secondary N) is 2. The molecule has 1 amide bonds. The lowest BCUT2D eigenvalue weighted by molar-refractivity contribution is -0.384. The van der Waals surface area contributed by atoms with Crippen LogP contribution < -0.4 is 15.7 Å². The largest absolute Gasteiger partial charge is 0.350 e. The van der Waals surface area contributed by atoms with Crippen LogP contribution in [-0.4, -0.2) is 57.9 Å². The normalized spacial score (nSPS) is 18.6. The van der Waals surface area contributed by atoms with Crippen LogP contribution in [0.5, 0.6) is 0 Å².